The van der Waals surface area contributed by atoms with Gasteiger partial charge in [-0.3, -0.25) is 0 Å². The molecule has 2 N–H and O–H groups in total. The molecule has 0 saturated heterocycles. The Kier molecular flexibility index (Phi) is 3.80. The molecule has 0 fully saturated rings. The van der Waals surface area contributed by atoms with E-state index in [9.17, 15) is 4.39 Å². The quantitative estimate of drug-likeness (QED) is 0.680. The van der Waals surface area contributed by atoms with Crippen LogP contribution in [0.5, 0.6) is 0 Å². The lowest BCUT2D eigenvalue weighted by Gasteiger charge is -2.04. The van der Waals surface area contributed by atoms with Gasteiger partial charge >= 0.3 is 0 Å². The standard InChI is InChI=1S/C13H10FN3S/c14-12-6-10(16)1-2-13(12)18-8-9-3-4-17-11(5-9)7-15/h1-6H,8,16H2. The van der Waals surface area contributed by atoms with Crippen LogP contribution in [-0.4, -0.2) is 4.98 Å². The molecule has 0 spiro atoms. The molecule has 0 amide bonds. The molecule has 0 aliphatic rings. The van der Waals surface area contributed by atoms with Gasteiger partial charge < -0.3 is 5.73 Å². The molecule has 90 valence electrons. The first kappa shape index (κ1) is 12.4. The summed E-state index contributed by atoms with van der Waals surface area (Å²) in [5, 5.41) is 8.73. The second-order valence-electron chi connectivity index (χ2n) is 3.64. The van der Waals surface area contributed by atoms with Crippen LogP contribution in [0.25, 0.3) is 0 Å². The van der Waals surface area contributed by atoms with Crippen molar-refractivity contribution < 1.29 is 4.39 Å². The fraction of sp³-hybridized carbons (Fsp3) is 0.0769. The lowest BCUT2D eigenvalue weighted by Crippen LogP contribution is -1.90. The van der Waals surface area contributed by atoms with E-state index in [0.29, 0.717) is 22.0 Å². The summed E-state index contributed by atoms with van der Waals surface area (Å²) in [6, 6.07) is 10.1. The summed E-state index contributed by atoms with van der Waals surface area (Å²) in [6.45, 7) is 0. The Balaban J connectivity index is 2.09. The molecular weight excluding hydrogens is 249 g/mol. The second-order valence-corrected chi connectivity index (χ2v) is 4.66. The third-order valence-corrected chi connectivity index (χ3v) is 3.41. The Morgan fingerprint density at radius 1 is 1.33 bits per heavy atom. The number of nitrogens with zero attached hydrogens (tertiary/aromatic N) is 2. The van der Waals surface area contributed by atoms with E-state index in [1.807, 2.05) is 12.1 Å². The van der Waals surface area contributed by atoms with Crippen molar-refractivity contribution in [1.29, 1.82) is 5.26 Å². The van der Waals surface area contributed by atoms with E-state index in [1.54, 1.807) is 24.4 Å². The molecule has 1 aromatic carbocycles. The molecule has 2 rings (SSSR count). The summed E-state index contributed by atoms with van der Waals surface area (Å²) in [6.07, 6.45) is 1.58. The molecule has 0 atom stereocenters. The molecule has 3 nitrogen and oxygen atoms in total. The number of halogens is 1. The van der Waals surface area contributed by atoms with Crippen LogP contribution < -0.4 is 5.73 Å². The summed E-state index contributed by atoms with van der Waals surface area (Å²) >= 11 is 1.36. The predicted octanol–water partition coefficient (Wildman–Crippen LogP) is 2.97. The van der Waals surface area contributed by atoms with E-state index in [-0.39, 0.29) is 5.82 Å². The number of hydrogen-bond acceptors (Lipinski definition) is 4. The van der Waals surface area contributed by atoms with Gasteiger partial charge in [0.1, 0.15) is 17.6 Å². The highest BCUT2D eigenvalue weighted by molar-refractivity contribution is 7.98. The SMILES string of the molecule is N#Cc1cc(CSc2ccc(N)cc2F)ccn1. The molecule has 18 heavy (non-hydrogen) atoms. The largest absolute Gasteiger partial charge is 0.399 e. The van der Waals surface area contributed by atoms with Crippen LogP contribution >= 0.6 is 11.8 Å². The smallest absolute Gasteiger partial charge is 0.140 e. The summed E-state index contributed by atoms with van der Waals surface area (Å²) in [4.78, 5) is 4.42. The van der Waals surface area contributed by atoms with E-state index in [0.717, 1.165) is 5.56 Å². The fourth-order valence-electron chi connectivity index (χ4n) is 1.42. The van der Waals surface area contributed by atoms with Crippen molar-refractivity contribution in [2.45, 2.75) is 10.6 Å². The Morgan fingerprint density at radius 2 is 2.17 bits per heavy atom. The molecular formula is C13H10FN3S. The molecule has 0 saturated carbocycles. The fourth-order valence-corrected chi connectivity index (χ4v) is 2.28. The molecule has 0 aliphatic heterocycles. The molecule has 1 heterocycles. The Bertz CT molecular complexity index is 607. The number of nitrogen functional groups attached to an aromatic ring is 1. The Hall–Kier alpha value is -2.06. The highest BCUT2D eigenvalue weighted by Crippen LogP contribution is 2.26. The number of nitriles is 1. The van der Waals surface area contributed by atoms with E-state index in [2.05, 4.69) is 4.98 Å². The van der Waals surface area contributed by atoms with Crippen LogP contribution in [0.2, 0.25) is 0 Å². The van der Waals surface area contributed by atoms with Crippen molar-refractivity contribution in [3.63, 3.8) is 0 Å². The van der Waals surface area contributed by atoms with E-state index in [4.69, 9.17) is 11.0 Å². The van der Waals surface area contributed by atoms with Gasteiger partial charge in [0, 0.05) is 22.5 Å². The minimum atomic E-state index is -0.324. The summed E-state index contributed by atoms with van der Waals surface area (Å²) in [7, 11) is 0. The maximum atomic E-state index is 13.5. The minimum absolute atomic E-state index is 0.324. The van der Waals surface area contributed by atoms with Gasteiger partial charge in [0.15, 0.2) is 0 Å². The monoisotopic (exact) mass is 259 g/mol. The first-order valence-corrected chi connectivity index (χ1v) is 6.20. The topological polar surface area (TPSA) is 62.7 Å². The van der Waals surface area contributed by atoms with Gasteiger partial charge in [-0.25, -0.2) is 9.37 Å². The van der Waals surface area contributed by atoms with Gasteiger partial charge in [-0.1, -0.05) is 0 Å². The zero-order valence-electron chi connectivity index (χ0n) is 9.43. The van der Waals surface area contributed by atoms with Gasteiger partial charge in [-0.15, -0.1) is 11.8 Å². The van der Waals surface area contributed by atoms with Gasteiger partial charge in [-0.2, -0.15) is 5.26 Å². The van der Waals surface area contributed by atoms with Gasteiger partial charge in [0.2, 0.25) is 0 Å². The van der Waals surface area contributed by atoms with Gasteiger partial charge in [0.05, 0.1) is 0 Å². The van der Waals surface area contributed by atoms with Crippen molar-refractivity contribution >= 4 is 17.4 Å². The first-order chi connectivity index (χ1) is 8.69. The van der Waals surface area contributed by atoms with Crippen LogP contribution in [0, 0.1) is 17.1 Å². The van der Waals surface area contributed by atoms with Crippen LogP contribution in [0.15, 0.2) is 41.4 Å². The molecule has 2 aromatic rings. The van der Waals surface area contributed by atoms with Crippen molar-refractivity contribution in [2.24, 2.45) is 0 Å². The van der Waals surface area contributed by atoms with E-state index < -0.39 is 0 Å². The van der Waals surface area contributed by atoms with Crippen LogP contribution in [0.3, 0.4) is 0 Å². The average molecular weight is 259 g/mol. The average Bonchev–Trinajstić information content (AvgIpc) is 2.38. The molecule has 0 radical (unpaired) electrons. The lowest BCUT2D eigenvalue weighted by atomic mass is 10.2. The number of benzene rings is 1. The number of pyridine rings is 1. The maximum absolute atomic E-state index is 13.5. The van der Waals surface area contributed by atoms with Gasteiger partial charge in [0.25, 0.3) is 0 Å². The zero-order valence-corrected chi connectivity index (χ0v) is 10.2. The number of hydrogen-bond donors (Lipinski definition) is 1. The van der Waals surface area contributed by atoms with Crippen molar-refractivity contribution in [1.82, 2.24) is 4.98 Å². The predicted molar refractivity (Wildman–Crippen MR) is 69.3 cm³/mol. The summed E-state index contributed by atoms with van der Waals surface area (Å²) < 4.78 is 13.5. The normalized spacial score (nSPS) is 10.0. The number of aromatic nitrogens is 1. The first-order valence-electron chi connectivity index (χ1n) is 5.22. The summed E-state index contributed by atoms with van der Waals surface area (Å²) in [5.41, 5.74) is 7.19. The molecule has 0 bridgehead atoms. The van der Waals surface area contributed by atoms with Crippen LogP contribution in [0.1, 0.15) is 11.3 Å². The number of thioether (sulfide) groups is 1. The highest BCUT2D eigenvalue weighted by atomic mass is 32.2. The maximum Gasteiger partial charge on any atom is 0.140 e. The molecule has 0 aliphatic carbocycles. The van der Waals surface area contributed by atoms with Crippen molar-refractivity contribution in [3.05, 3.63) is 53.6 Å². The second kappa shape index (κ2) is 5.52. The van der Waals surface area contributed by atoms with Crippen molar-refractivity contribution in [3.8, 4) is 6.07 Å². The minimum Gasteiger partial charge on any atom is -0.399 e. The van der Waals surface area contributed by atoms with Crippen LogP contribution in [0.4, 0.5) is 10.1 Å². The van der Waals surface area contributed by atoms with Crippen molar-refractivity contribution in [2.75, 3.05) is 5.73 Å². The Morgan fingerprint density at radius 3 is 2.89 bits per heavy atom. The summed E-state index contributed by atoms with van der Waals surface area (Å²) in [5.74, 6) is 0.257. The molecule has 0 unspecified atom stereocenters. The van der Waals surface area contributed by atoms with Crippen LogP contribution in [-0.2, 0) is 5.75 Å². The van der Waals surface area contributed by atoms with Gasteiger partial charge in [-0.05, 0) is 35.9 Å². The Labute approximate surface area is 108 Å². The third-order valence-electron chi connectivity index (χ3n) is 2.29. The number of nitrogens with two attached hydrogens (primary N) is 1. The van der Waals surface area contributed by atoms with E-state index >= 15 is 0 Å². The zero-order chi connectivity index (χ0) is 13.0. The third kappa shape index (κ3) is 2.99. The highest BCUT2D eigenvalue weighted by Gasteiger charge is 2.04. The molecule has 1 aromatic heterocycles. The lowest BCUT2D eigenvalue weighted by molar-refractivity contribution is 0.603. The number of rotatable bonds is 3. The van der Waals surface area contributed by atoms with E-state index in [1.165, 1.54) is 17.8 Å². The number of anilines is 1. The molecule has 5 heteroatoms.